The normalized spacial score (nSPS) is 21.7. The molecule has 0 radical (unpaired) electrons. The Balaban J connectivity index is 2.28. The van der Waals surface area contributed by atoms with Crippen LogP contribution >= 0.6 is 0 Å². The van der Waals surface area contributed by atoms with Gasteiger partial charge in [0.2, 0.25) is 5.91 Å². The molecule has 0 spiro atoms. The summed E-state index contributed by atoms with van der Waals surface area (Å²) in [6.07, 6.45) is 3.62. The van der Waals surface area contributed by atoms with Gasteiger partial charge in [-0.05, 0) is 25.8 Å². The topological polar surface area (TPSA) is 32.3 Å². The van der Waals surface area contributed by atoms with E-state index in [-0.39, 0.29) is 11.3 Å². The Labute approximate surface area is 93.2 Å². The molecule has 0 aromatic heterocycles. The molecular formula is C12H24N2O. The maximum atomic E-state index is 11.9. The number of nitrogens with one attached hydrogen (secondary N) is 1. The third kappa shape index (κ3) is 3.82. The Morgan fingerprint density at radius 2 is 2.13 bits per heavy atom. The van der Waals surface area contributed by atoms with Gasteiger partial charge in [0.15, 0.2) is 0 Å². The van der Waals surface area contributed by atoms with E-state index in [9.17, 15) is 4.79 Å². The lowest BCUT2D eigenvalue weighted by atomic mass is 9.95. The summed E-state index contributed by atoms with van der Waals surface area (Å²) < 4.78 is 0. The van der Waals surface area contributed by atoms with Gasteiger partial charge in [-0.2, -0.15) is 0 Å². The third-order valence-electron chi connectivity index (χ3n) is 2.96. The quantitative estimate of drug-likeness (QED) is 0.771. The standard InChI is InChI=1S/C12H24N2O/c1-12(2,3)11(15)14(4)9-7-10-6-5-8-13-10/h10,13H,5-9H2,1-4H3. The summed E-state index contributed by atoms with van der Waals surface area (Å²) in [5.41, 5.74) is -0.252. The molecule has 0 aromatic rings. The average Bonchev–Trinajstić information content (AvgIpc) is 2.63. The molecule has 1 saturated heterocycles. The van der Waals surface area contributed by atoms with Gasteiger partial charge in [-0.15, -0.1) is 0 Å². The smallest absolute Gasteiger partial charge is 0.227 e. The molecule has 3 heteroatoms. The van der Waals surface area contributed by atoms with E-state index >= 15 is 0 Å². The van der Waals surface area contributed by atoms with Gasteiger partial charge < -0.3 is 10.2 Å². The zero-order chi connectivity index (χ0) is 11.5. The van der Waals surface area contributed by atoms with E-state index in [1.807, 2.05) is 32.7 Å². The molecule has 1 N–H and O–H groups in total. The summed E-state index contributed by atoms with van der Waals surface area (Å²) >= 11 is 0. The van der Waals surface area contributed by atoms with E-state index in [0.29, 0.717) is 6.04 Å². The van der Waals surface area contributed by atoms with E-state index in [1.165, 1.54) is 12.8 Å². The first kappa shape index (κ1) is 12.5. The Bertz CT molecular complexity index is 214. The van der Waals surface area contributed by atoms with E-state index in [0.717, 1.165) is 19.5 Å². The molecule has 1 atom stereocenters. The van der Waals surface area contributed by atoms with Gasteiger partial charge in [0.25, 0.3) is 0 Å². The lowest BCUT2D eigenvalue weighted by molar-refractivity contribution is -0.138. The highest BCUT2D eigenvalue weighted by atomic mass is 16.2. The van der Waals surface area contributed by atoms with E-state index in [1.54, 1.807) is 0 Å². The highest BCUT2D eigenvalue weighted by molar-refractivity contribution is 5.81. The summed E-state index contributed by atoms with van der Waals surface area (Å²) in [7, 11) is 1.91. The van der Waals surface area contributed by atoms with Gasteiger partial charge >= 0.3 is 0 Å². The van der Waals surface area contributed by atoms with Crippen LogP contribution in [0.25, 0.3) is 0 Å². The first-order valence-electron chi connectivity index (χ1n) is 5.90. The summed E-state index contributed by atoms with van der Waals surface area (Å²) in [4.78, 5) is 13.7. The SMILES string of the molecule is CN(CCC1CCCN1)C(=O)C(C)(C)C. The lowest BCUT2D eigenvalue weighted by Gasteiger charge is -2.26. The first-order valence-corrected chi connectivity index (χ1v) is 5.90. The third-order valence-corrected chi connectivity index (χ3v) is 2.96. The minimum absolute atomic E-state index is 0.237. The fourth-order valence-electron chi connectivity index (χ4n) is 2.03. The van der Waals surface area contributed by atoms with Crippen molar-refractivity contribution in [3.8, 4) is 0 Å². The van der Waals surface area contributed by atoms with Crippen LogP contribution < -0.4 is 5.32 Å². The predicted octanol–water partition coefficient (Wildman–Crippen LogP) is 1.63. The van der Waals surface area contributed by atoms with Crippen LogP contribution in [0, 0.1) is 5.41 Å². The Kier molecular flexibility index (Phi) is 4.14. The molecule has 1 fully saturated rings. The van der Waals surface area contributed by atoms with Gasteiger partial charge in [0.1, 0.15) is 0 Å². The minimum atomic E-state index is -0.252. The van der Waals surface area contributed by atoms with E-state index in [4.69, 9.17) is 0 Å². The molecule has 0 bridgehead atoms. The van der Waals surface area contributed by atoms with Crippen molar-refractivity contribution in [3.05, 3.63) is 0 Å². The second-order valence-corrected chi connectivity index (χ2v) is 5.56. The molecule has 15 heavy (non-hydrogen) atoms. The highest BCUT2D eigenvalue weighted by Gasteiger charge is 2.25. The molecule has 1 heterocycles. The van der Waals surface area contributed by atoms with E-state index < -0.39 is 0 Å². The van der Waals surface area contributed by atoms with Crippen molar-refractivity contribution in [1.82, 2.24) is 10.2 Å². The minimum Gasteiger partial charge on any atom is -0.345 e. The first-order chi connectivity index (χ1) is 6.91. The predicted molar refractivity (Wildman–Crippen MR) is 62.7 cm³/mol. The summed E-state index contributed by atoms with van der Waals surface area (Å²) in [5, 5.41) is 3.45. The number of nitrogens with zero attached hydrogens (tertiary/aromatic N) is 1. The number of hydrogen-bond acceptors (Lipinski definition) is 2. The molecule has 88 valence electrons. The van der Waals surface area contributed by atoms with Crippen molar-refractivity contribution < 1.29 is 4.79 Å². The van der Waals surface area contributed by atoms with Gasteiger partial charge in [-0.1, -0.05) is 20.8 Å². The fourth-order valence-corrected chi connectivity index (χ4v) is 2.03. The molecule has 1 amide bonds. The van der Waals surface area contributed by atoms with Crippen molar-refractivity contribution in [3.63, 3.8) is 0 Å². The molecule has 1 aliphatic rings. The molecule has 0 saturated carbocycles. The van der Waals surface area contributed by atoms with Crippen LogP contribution in [-0.2, 0) is 4.79 Å². The average molecular weight is 212 g/mol. The van der Waals surface area contributed by atoms with Gasteiger partial charge in [-0.25, -0.2) is 0 Å². The van der Waals surface area contributed by atoms with Crippen molar-refractivity contribution in [2.75, 3.05) is 20.1 Å². The molecule has 3 nitrogen and oxygen atoms in total. The summed E-state index contributed by atoms with van der Waals surface area (Å²) in [6.45, 7) is 7.92. The van der Waals surface area contributed by atoms with E-state index in [2.05, 4.69) is 5.32 Å². The largest absolute Gasteiger partial charge is 0.345 e. The van der Waals surface area contributed by atoms with Gasteiger partial charge in [0, 0.05) is 25.0 Å². The second-order valence-electron chi connectivity index (χ2n) is 5.56. The van der Waals surface area contributed by atoms with Crippen LogP contribution in [0.15, 0.2) is 0 Å². The zero-order valence-corrected chi connectivity index (χ0v) is 10.5. The number of rotatable bonds is 3. The monoisotopic (exact) mass is 212 g/mol. The highest BCUT2D eigenvalue weighted by Crippen LogP contribution is 2.17. The van der Waals surface area contributed by atoms with Crippen LogP contribution in [0.1, 0.15) is 40.0 Å². The molecule has 1 rings (SSSR count). The lowest BCUT2D eigenvalue weighted by Crippen LogP contribution is -2.39. The van der Waals surface area contributed by atoms with Crippen molar-refractivity contribution in [2.24, 2.45) is 5.41 Å². The molecule has 0 aliphatic carbocycles. The Hall–Kier alpha value is -0.570. The van der Waals surface area contributed by atoms with Crippen LogP contribution in [0.5, 0.6) is 0 Å². The van der Waals surface area contributed by atoms with Gasteiger partial charge in [0.05, 0.1) is 0 Å². The van der Waals surface area contributed by atoms with Crippen LogP contribution in [0.4, 0.5) is 0 Å². The molecule has 0 aromatic carbocycles. The summed E-state index contributed by atoms with van der Waals surface area (Å²) in [6, 6.07) is 0.625. The maximum absolute atomic E-state index is 11.9. The van der Waals surface area contributed by atoms with Crippen molar-refractivity contribution >= 4 is 5.91 Å². The zero-order valence-electron chi connectivity index (χ0n) is 10.5. The Morgan fingerprint density at radius 3 is 2.60 bits per heavy atom. The number of amides is 1. The number of carbonyl (C=O) groups is 1. The van der Waals surface area contributed by atoms with Crippen LogP contribution in [0.3, 0.4) is 0 Å². The Morgan fingerprint density at radius 1 is 1.47 bits per heavy atom. The van der Waals surface area contributed by atoms with Gasteiger partial charge in [-0.3, -0.25) is 4.79 Å². The van der Waals surface area contributed by atoms with Crippen LogP contribution in [0.2, 0.25) is 0 Å². The second kappa shape index (κ2) is 4.97. The molecular weight excluding hydrogens is 188 g/mol. The maximum Gasteiger partial charge on any atom is 0.227 e. The number of carbonyl (C=O) groups excluding carboxylic acids is 1. The summed E-state index contributed by atoms with van der Waals surface area (Å²) in [5.74, 6) is 0.237. The molecule has 1 unspecified atom stereocenters. The number of hydrogen-bond donors (Lipinski definition) is 1. The van der Waals surface area contributed by atoms with Crippen LogP contribution in [-0.4, -0.2) is 37.0 Å². The molecule has 1 aliphatic heterocycles. The van der Waals surface area contributed by atoms with Crippen molar-refractivity contribution in [2.45, 2.75) is 46.1 Å². The van der Waals surface area contributed by atoms with Crippen molar-refractivity contribution in [1.29, 1.82) is 0 Å². The fraction of sp³-hybridized carbons (Fsp3) is 0.917.